The fourth-order valence-corrected chi connectivity index (χ4v) is 2.83. The maximum absolute atomic E-state index is 5.47. The van der Waals surface area contributed by atoms with Crippen LogP contribution in [-0.2, 0) is 13.1 Å². The molecule has 0 saturated heterocycles. The Morgan fingerprint density at radius 3 is 2.44 bits per heavy atom. The van der Waals surface area contributed by atoms with E-state index < -0.39 is 0 Å². The molecular formula is C16H19NO. The average molecular weight is 241 g/mol. The second-order valence-corrected chi connectivity index (χ2v) is 5.27. The third-order valence-corrected chi connectivity index (χ3v) is 3.87. The van der Waals surface area contributed by atoms with Gasteiger partial charge in [0.25, 0.3) is 0 Å². The van der Waals surface area contributed by atoms with Crippen LogP contribution in [0.15, 0.2) is 30.3 Å². The summed E-state index contributed by atoms with van der Waals surface area (Å²) in [7, 11) is 1.74. The van der Waals surface area contributed by atoms with Crippen LogP contribution in [0.4, 0.5) is 0 Å². The predicted octanol–water partition coefficient (Wildman–Crippen LogP) is 3.57. The van der Waals surface area contributed by atoms with E-state index in [0.717, 1.165) is 18.8 Å². The molecule has 1 heterocycles. The average Bonchev–Trinajstić information content (AvgIpc) is 2.39. The summed E-state index contributed by atoms with van der Waals surface area (Å²) in [5, 5.41) is 2.64. The van der Waals surface area contributed by atoms with E-state index in [4.69, 9.17) is 4.74 Å². The summed E-state index contributed by atoms with van der Waals surface area (Å²) in [4.78, 5) is 2.50. The van der Waals surface area contributed by atoms with Crippen molar-refractivity contribution in [2.75, 3.05) is 7.11 Å². The highest BCUT2D eigenvalue weighted by molar-refractivity contribution is 5.94. The number of methoxy groups -OCH3 is 1. The zero-order valence-electron chi connectivity index (χ0n) is 11.2. The van der Waals surface area contributed by atoms with Crippen LogP contribution in [0.5, 0.6) is 5.75 Å². The molecule has 18 heavy (non-hydrogen) atoms. The van der Waals surface area contributed by atoms with E-state index in [1.807, 2.05) is 0 Å². The molecule has 0 spiro atoms. The maximum atomic E-state index is 5.47. The number of nitrogens with zero attached hydrogens (tertiary/aromatic N) is 1. The minimum atomic E-state index is 0.579. The largest absolute Gasteiger partial charge is 0.496 e. The number of ether oxygens (including phenoxy) is 1. The highest BCUT2D eigenvalue weighted by Crippen LogP contribution is 2.35. The van der Waals surface area contributed by atoms with Crippen LogP contribution in [0, 0.1) is 0 Å². The lowest BCUT2D eigenvalue weighted by Crippen LogP contribution is -2.32. The van der Waals surface area contributed by atoms with E-state index in [1.165, 1.54) is 21.9 Å². The summed E-state index contributed by atoms with van der Waals surface area (Å²) in [6.45, 7) is 6.59. The Morgan fingerprint density at radius 1 is 1.06 bits per heavy atom. The van der Waals surface area contributed by atoms with Gasteiger partial charge in [0.05, 0.1) is 7.11 Å². The van der Waals surface area contributed by atoms with Crippen molar-refractivity contribution in [3.05, 3.63) is 41.5 Å². The van der Waals surface area contributed by atoms with Crippen molar-refractivity contribution in [1.82, 2.24) is 4.90 Å². The molecular weight excluding hydrogens is 222 g/mol. The van der Waals surface area contributed by atoms with Crippen molar-refractivity contribution in [3.63, 3.8) is 0 Å². The molecule has 0 bridgehead atoms. The summed E-state index contributed by atoms with van der Waals surface area (Å²) < 4.78 is 5.47. The van der Waals surface area contributed by atoms with Gasteiger partial charge in [0.1, 0.15) is 5.75 Å². The van der Waals surface area contributed by atoms with Crippen molar-refractivity contribution in [1.29, 1.82) is 0 Å². The molecule has 94 valence electrons. The predicted molar refractivity (Wildman–Crippen MR) is 74.9 cm³/mol. The molecule has 2 aromatic carbocycles. The lowest BCUT2D eigenvalue weighted by Gasteiger charge is -2.32. The van der Waals surface area contributed by atoms with Gasteiger partial charge in [0, 0.05) is 24.5 Å². The van der Waals surface area contributed by atoms with E-state index in [1.54, 1.807) is 7.11 Å². The highest BCUT2D eigenvalue weighted by Gasteiger charge is 2.21. The topological polar surface area (TPSA) is 12.5 Å². The molecule has 0 atom stereocenters. The molecule has 0 aromatic heterocycles. The number of hydrogen-bond acceptors (Lipinski definition) is 2. The number of hydrogen-bond donors (Lipinski definition) is 0. The smallest absolute Gasteiger partial charge is 0.126 e. The van der Waals surface area contributed by atoms with Crippen molar-refractivity contribution >= 4 is 10.8 Å². The molecule has 2 nitrogen and oxygen atoms in total. The molecule has 0 N–H and O–H groups in total. The van der Waals surface area contributed by atoms with Crippen LogP contribution in [0.25, 0.3) is 10.8 Å². The molecule has 0 saturated carbocycles. The van der Waals surface area contributed by atoms with Crippen LogP contribution < -0.4 is 4.74 Å². The van der Waals surface area contributed by atoms with Gasteiger partial charge in [0.2, 0.25) is 0 Å². The first kappa shape index (κ1) is 11.5. The van der Waals surface area contributed by atoms with Crippen LogP contribution in [0.3, 0.4) is 0 Å². The van der Waals surface area contributed by atoms with E-state index in [0.29, 0.717) is 6.04 Å². The molecule has 2 heteroatoms. The lowest BCUT2D eigenvalue weighted by atomic mass is 9.94. The van der Waals surface area contributed by atoms with Gasteiger partial charge in [-0.2, -0.15) is 0 Å². The second kappa shape index (κ2) is 4.29. The first-order valence-electron chi connectivity index (χ1n) is 6.52. The zero-order chi connectivity index (χ0) is 12.7. The van der Waals surface area contributed by atoms with E-state index >= 15 is 0 Å². The normalized spacial score (nSPS) is 15.3. The lowest BCUT2D eigenvalue weighted by molar-refractivity contribution is 0.200. The Hall–Kier alpha value is -1.54. The minimum absolute atomic E-state index is 0.579. The van der Waals surface area contributed by atoms with E-state index in [9.17, 15) is 0 Å². The highest BCUT2D eigenvalue weighted by atomic mass is 16.5. The molecule has 0 radical (unpaired) electrons. The molecule has 2 aromatic rings. The molecule has 1 aliphatic heterocycles. The van der Waals surface area contributed by atoms with Crippen LogP contribution in [0.2, 0.25) is 0 Å². The molecule has 1 aliphatic rings. The summed E-state index contributed by atoms with van der Waals surface area (Å²) in [5.74, 6) is 0.980. The standard InChI is InChI=1S/C16H19NO/c1-11(2)17-9-12-5-4-6-14-15(18-3)8-7-13(10-17)16(12)14/h4-8,11H,9-10H2,1-3H3. The SMILES string of the molecule is COc1ccc2c3c(cccc13)CN(C(C)C)C2. The van der Waals surface area contributed by atoms with Gasteiger partial charge in [-0.05, 0) is 36.4 Å². The number of rotatable bonds is 2. The van der Waals surface area contributed by atoms with Crippen LogP contribution >= 0.6 is 0 Å². The number of benzene rings is 2. The van der Waals surface area contributed by atoms with Gasteiger partial charge in [-0.3, -0.25) is 4.90 Å². The fourth-order valence-electron chi connectivity index (χ4n) is 2.83. The Kier molecular flexibility index (Phi) is 2.75. The zero-order valence-corrected chi connectivity index (χ0v) is 11.2. The fraction of sp³-hybridized carbons (Fsp3) is 0.375. The summed E-state index contributed by atoms with van der Waals surface area (Å²) in [6, 6.07) is 11.4. The first-order chi connectivity index (χ1) is 8.70. The Labute approximate surface area is 108 Å². The van der Waals surface area contributed by atoms with Gasteiger partial charge in [-0.25, -0.2) is 0 Å². The van der Waals surface area contributed by atoms with Crippen molar-refractivity contribution in [2.24, 2.45) is 0 Å². The molecule has 0 unspecified atom stereocenters. The van der Waals surface area contributed by atoms with Crippen molar-refractivity contribution < 1.29 is 4.74 Å². The Bertz CT molecular complexity index is 577. The van der Waals surface area contributed by atoms with Gasteiger partial charge < -0.3 is 4.74 Å². The van der Waals surface area contributed by atoms with Crippen molar-refractivity contribution in [2.45, 2.75) is 33.0 Å². The maximum Gasteiger partial charge on any atom is 0.126 e. The molecule has 0 amide bonds. The third kappa shape index (κ3) is 1.68. The molecule has 3 rings (SSSR count). The summed E-state index contributed by atoms with van der Waals surface area (Å²) in [6.07, 6.45) is 0. The van der Waals surface area contributed by atoms with Gasteiger partial charge in [0.15, 0.2) is 0 Å². The first-order valence-corrected chi connectivity index (χ1v) is 6.52. The molecule has 0 aliphatic carbocycles. The Balaban J connectivity index is 2.21. The summed E-state index contributed by atoms with van der Waals surface area (Å²) >= 11 is 0. The van der Waals surface area contributed by atoms with E-state index in [-0.39, 0.29) is 0 Å². The van der Waals surface area contributed by atoms with Crippen molar-refractivity contribution in [3.8, 4) is 5.75 Å². The Morgan fingerprint density at radius 2 is 1.78 bits per heavy atom. The van der Waals surface area contributed by atoms with Crippen LogP contribution in [0.1, 0.15) is 25.0 Å². The monoisotopic (exact) mass is 241 g/mol. The van der Waals surface area contributed by atoms with E-state index in [2.05, 4.69) is 49.1 Å². The van der Waals surface area contributed by atoms with Gasteiger partial charge in [-0.15, -0.1) is 0 Å². The van der Waals surface area contributed by atoms with Gasteiger partial charge in [-0.1, -0.05) is 24.3 Å². The second-order valence-electron chi connectivity index (χ2n) is 5.27. The summed E-state index contributed by atoms with van der Waals surface area (Å²) in [5.41, 5.74) is 2.84. The minimum Gasteiger partial charge on any atom is -0.496 e. The van der Waals surface area contributed by atoms with Crippen LogP contribution in [-0.4, -0.2) is 18.1 Å². The third-order valence-electron chi connectivity index (χ3n) is 3.87. The molecule has 0 fully saturated rings. The van der Waals surface area contributed by atoms with Gasteiger partial charge >= 0.3 is 0 Å². The quantitative estimate of drug-likeness (QED) is 0.797.